The normalized spacial score (nSPS) is 10.9. The molecule has 0 saturated heterocycles. The molecule has 1 N–H and O–H groups in total. The molecule has 0 aliphatic heterocycles. The van der Waals surface area contributed by atoms with Crippen molar-refractivity contribution in [2.45, 2.75) is 6.42 Å². The number of benzene rings is 2. The molecule has 1 heterocycles. The number of hydrogen-bond acceptors (Lipinski definition) is 5. The second-order valence-electron chi connectivity index (χ2n) is 5.72. The zero-order valence-electron chi connectivity index (χ0n) is 14.3. The Labute approximate surface area is 163 Å². The lowest BCUT2D eigenvalue weighted by atomic mass is 10.1. The van der Waals surface area contributed by atoms with E-state index in [1.807, 2.05) is 0 Å². The smallest absolute Gasteiger partial charge is 0.283 e. The summed E-state index contributed by atoms with van der Waals surface area (Å²) >= 11 is 5.79. The van der Waals surface area contributed by atoms with Gasteiger partial charge in [0.1, 0.15) is 17.3 Å². The third-order valence-corrected chi connectivity index (χ3v) is 3.96. The van der Waals surface area contributed by atoms with Gasteiger partial charge in [0.05, 0.1) is 29.2 Å². The Morgan fingerprint density at radius 3 is 2.68 bits per heavy atom. The maximum absolute atomic E-state index is 13.2. The summed E-state index contributed by atoms with van der Waals surface area (Å²) in [5.74, 6) is -0.604. The van der Waals surface area contributed by atoms with Crippen molar-refractivity contribution in [3.05, 3.63) is 86.9 Å². The van der Waals surface area contributed by atoms with Crippen LogP contribution in [0.25, 0.3) is 11.3 Å². The Hall–Kier alpha value is -3.52. The van der Waals surface area contributed by atoms with Gasteiger partial charge in [-0.05, 0) is 42.0 Å². The minimum Gasteiger partial charge on any atom is -0.455 e. The zero-order valence-corrected chi connectivity index (χ0v) is 15.0. The number of amides is 1. The topological polar surface area (TPSA) is 97.7 Å². The van der Waals surface area contributed by atoms with Gasteiger partial charge in [-0.25, -0.2) is 9.82 Å². The van der Waals surface area contributed by atoms with E-state index in [0.29, 0.717) is 5.02 Å². The number of nitro benzene ring substituents is 1. The quantitative estimate of drug-likeness (QED) is 0.377. The van der Waals surface area contributed by atoms with Crippen LogP contribution in [0.2, 0.25) is 5.02 Å². The molecule has 2 aromatic carbocycles. The van der Waals surface area contributed by atoms with E-state index in [2.05, 4.69) is 10.5 Å². The minimum absolute atomic E-state index is 0.125. The molecule has 9 heteroatoms. The summed E-state index contributed by atoms with van der Waals surface area (Å²) in [5.41, 5.74) is 2.87. The van der Waals surface area contributed by atoms with Gasteiger partial charge >= 0.3 is 0 Å². The van der Waals surface area contributed by atoms with E-state index >= 15 is 0 Å². The van der Waals surface area contributed by atoms with E-state index in [9.17, 15) is 19.3 Å². The minimum atomic E-state index is -0.716. The highest BCUT2D eigenvalue weighted by atomic mass is 35.5. The van der Waals surface area contributed by atoms with Crippen molar-refractivity contribution in [2.24, 2.45) is 5.10 Å². The second kappa shape index (κ2) is 8.45. The molecule has 0 bridgehead atoms. The molecule has 0 aliphatic carbocycles. The first kappa shape index (κ1) is 19.2. The summed E-state index contributed by atoms with van der Waals surface area (Å²) in [7, 11) is 0. The van der Waals surface area contributed by atoms with Crippen LogP contribution in [0.15, 0.2) is 64.1 Å². The van der Waals surface area contributed by atoms with Gasteiger partial charge in [-0.1, -0.05) is 23.7 Å². The van der Waals surface area contributed by atoms with Crippen LogP contribution in [-0.4, -0.2) is 17.0 Å². The van der Waals surface area contributed by atoms with Crippen LogP contribution in [-0.2, 0) is 11.2 Å². The standard InChI is InChI=1S/C19H13ClFN3O4/c20-13-3-1-12(2-4-13)9-19(25)23-22-11-15-6-8-18(28-15)16-7-5-14(21)10-17(16)24(26)27/h1-8,10-11H,9H2,(H,23,25)/b22-11-. The predicted octanol–water partition coefficient (Wildman–Crippen LogP) is 4.34. The summed E-state index contributed by atoms with van der Waals surface area (Å²) in [6, 6.07) is 13.1. The molecule has 0 spiro atoms. The van der Waals surface area contributed by atoms with Gasteiger partial charge in [-0.15, -0.1) is 0 Å². The average molecular weight is 402 g/mol. The molecule has 142 valence electrons. The average Bonchev–Trinajstić information content (AvgIpc) is 3.12. The van der Waals surface area contributed by atoms with E-state index < -0.39 is 16.4 Å². The molecule has 0 aliphatic rings. The SMILES string of the molecule is O=C(Cc1ccc(Cl)cc1)N/N=C\c1ccc(-c2ccc(F)cc2[N+](=O)[O-])o1. The van der Waals surface area contributed by atoms with E-state index in [1.165, 1.54) is 24.4 Å². The molecule has 28 heavy (non-hydrogen) atoms. The Balaban J connectivity index is 1.65. The van der Waals surface area contributed by atoms with Crippen molar-refractivity contribution in [3.8, 4) is 11.3 Å². The van der Waals surface area contributed by atoms with Gasteiger partial charge in [-0.2, -0.15) is 5.10 Å². The number of furan rings is 1. The lowest BCUT2D eigenvalue weighted by molar-refractivity contribution is -0.384. The van der Waals surface area contributed by atoms with Gasteiger partial charge in [0, 0.05) is 5.02 Å². The number of nitrogens with one attached hydrogen (secondary N) is 1. The maximum atomic E-state index is 13.2. The first-order chi connectivity index (χ1) is 13.4. The van der Waals surface area contributed by atoms with Gasteiger partial charge < -0.3 is 4.42 Å². The van der Waals surface area contributed by atoms with Crippen LogP contribution in [0, 0.1) is 15.9 Å². The summed E-state index contributed by atoms with van der Waals surface area (Å²) in [5, 5.41) is 15.5. The van der Waals surface area contributed by atoms with E-state index in [0.717, 1.165) is 17.7 Å². The Bertz CT molecular complexity index is 1050. The number of rotatable bonds is 6. The van der Waals surface area contributed by atoms with Crippen molar-refractivity contribution >= 4 is 29.4 Å². The number of halogens is 2. The molecule has 0 unspecified atom stereocenters. The fraction of sp³-hybridized carbons (Fsp3) is 0.0526. The predicted molar refractivity (Wildman–Crippen MR) is 102 cm³/mol. The Morgan fingerprint density at radius 2 is 1.96 bits per heavy atom. The summed E-state index contributed by atoms with van der Waals surface area (Å²) in [4.78, 5) is 22.3. The first-order valence-electron chi connectivity index (χ1n) is 8.03. The lowest BCUT2D eigenvalue weighted by Gasteiger charge is -2.00. The summed E-state index contributed by atoms with van der Waals surface area (Å²) in [6.07, 6.45) is 1.39. The number of nitro groups is 1. The number of carbonyl (C=O) groups excluding carboxylic acids is 1. The van der Waals surface area contributed by atoms with Gasteiger partial charge in [0.2, 0.25) is 5.91 Å². The highest BCUT2D eigenvalue weighted by molar-refractivity contribution is 6.30. The Kier molecular flexibility index (Phi) is 5.81. The number of nitrogens with zero attached hydrogens (tertiary/aromatic N) is 2. The molecule has 0 radical (unpaired) electrons. The van der Waals surface area contributed by atoms with Crippen LogP contribution in [0.5, 0.6) is 0 Å². The fourth-order valence-corrected chi connectivity index (χ4v) is 2.55. The lowest BCUT2D eigenvalue weighted by Crippen LogP contribution is -2.19. The van der Waals surface area contributed by atoms with Crippen LogP contribution in [0.1, 0.15) is 11.3 Å². The van der Waals surface area contributed by atoms with Gasteiger partial charge in [0.15, 0.2) is 0 Å². The molecule has 1 amide bonds. The van der Waals surface area contributed by atoms with Crippen molar-refractivity contribution in [3.63, 3.8) is 0 Å². The molecule has 1 aromatic heterocycles. The molecule has 0 fully saturated rings. The van der Waals surface area contributed by atoms with Gasteiger partial charge in [0.25, 0.3) is 5.69 Å². The van der Waals surface area contributed by atoms with Gasteiger partial charge in [-0.3, -0.25) is 14.9 Å². The van der Waals surface area contributed by atoms with Crippen LogP contribution >= 0.6 is 11.6 Å². The molecule has 0 atom stereocenters. The van der Waals surface area contributed by atoms with Crippen molar-refractivity contribution in [1.82, 2.24) is 5.43 Å². The van der Waals surface area contributed by atoms with Crippen LogP contribution < -0.4 is 5.43 Å². The number of hydrazone groups is 1. The summed E-state index contributed by atoms with van der Waals surface area (Å²) in [6.45, 7) is 0. The fourth-order valence-electron chi connectivity index (χ4n) is 2.43. The first-order valence-corrected chi connectivity index (χ1v) is 8.40. The molecular weight excluding hydrogens is 389 g/mol. The molecule has 3 aromatic rings. The molecule has 0 saturated carbocycles. The summed E-state index contributed by atoms with van der Waals surface area (Å²) < 4.78 is 18.7. The number of carbonyl (C=O) groups is 1. The molecular formula is C19H13ClFN3O4. The van der Waals surface area contributed by atoms with Crippen molar-refractivity contribution < 1.29 is 18.5 Å². The second-order valence-corrected chi connectivity index (χ2v) is 6.15. The van der Waals surface area contributed by atoms with Crippen LogP contribution in [0.3, 0.4) is 0 Å². The number of hydrogen-bond donors (Lipinski definition) is 1. The van der Waals surface area contributed by atoms with E-state index in [1.54, 1.807) is 24.3 Å². The third kappa shape index (κ3) is 4.80. The highest BCUT2D eigenvalue weighted by Gasteiger charge is 2.19. The largest absolute Gasteiger partial charge is 0.455 e. The third-order valence-electron chi connectivity index (χ3n) is 3.71. The monoisotopic (exact) mass is 401 g/mol. The molecule has 7 nitrogen and oxygen atoms in total. The van der Waals surface area contributed by atoms with Crippen LogP contribution in [0.4, 0.5) is 10.1 Å². The van der Waals surface area contributed by atoms with Crippen molar-refractivity contribution in [1.29, 1.82) is 0 Å². The molecule has 3 rings (SSSR count). The maximum Gasteiger partial charge on any atom is 0.283 e. The van der Waals surface area contributed by atoms with E-state index in [-0.39, 0.29) is 29.4 Å². The Morgan fingerprint density at radius 1 is 1.21 bits per heavy atom. The van der Waals surface area contributed by atoms with Crippen molar-refractivity contribution in [2.75, 3.05) is 0 Å². The highest BCUT2D eigenvalue weighted by Crippen LogP contribution is 2.31. The zero-order chi connectivity index (χ0) is 20.1. The van der Waals surface area contributed by atoms with E-state index in [4.69, 9.17) is 16.0 Å².